The molecule has 13 aromatic rings. The first-order chi connectivity index (χ1) is 33.8. The molecule has 0 spiro atoms. The van der Waals surface area contributed by atoms with Gasteiger partial charge in [0.1, 0.15) is 0 Å². The van der Waals surface area contributed by atoms with Crippen LogP contribution in [0, 0.1) is 0 Å². The average molecular weight is 865 g/mol. The molecular formula is C66H44N2. The Balaban J connectivity index is 1.18. The Hall–Kier alpha value is -8.98. The molecule has 0 amide bonds. The number of anilines is 6. The van der Waals surface area contributed by atoms with Gasteiger partial charge in [0.15, 0.2) is 0 Å². The summed E-state index contributed by atoms with van der Waals surface area (Å²) in [6.45, 7) is 0. The van der Waals surface area contributed by atoms with Gasteiger partial charge in [0.05, 0.1) is 11.4 Å². The van der Waals surface area contributed by atoms with Gasteiger partial charge in [0.25, 0.3) is 0 Å². The minimum absolute atomic E-state index is 1.09. The monoisotopic (exact) mass is 864 g/mol. The fraction of sp³-hybridized carbons (Fsp3) is 0. The van der Waals surface area contributed by atoms with Crippen LogP contribution in [-0.4, -0.2) is 0 Å². The quantitative estimate of drug-likeness (QED) is 0.140. The SMILES string of the molecule is c1ccc(N(c2ccc3c(-c4cccc5ccccc45)c4cc(N(c5ccccc5)c5cccc6ccccc56)ccc4c(-c4cccc5ccccc45)c3c2)c2cccc3ccccc23)cc1. The molecule has 0 aliphatic carbocycles. The van der Waals surface area contributed by atoms with Crippen molar-refractivity contribution in [3.05, 3.63) is 267 Å². The number of hydrogen-bond acceptors (Lipinski definition) is 2. The van der Waals surface area contributed by atoms with Crippen LogP contribution in [0.3, 0.4) is 0 Å². The summed E-state index contributed by atoms with van der Waals surface area (Å²) in [6.07, 6.45) is 0. The topological polar surface area (TPSA) is 6.48 Å². The van der Waals surface area contributed by atoms with Crippen LogP contribution in [0.5, 0.6) is 0 Å². The van der Waals surface area contributed by atoms with Crippen molar-refractivity contribution in [3.63, 3.8) is 0 Å². The maximum Gasteiger partial charge on any atom is 0.0540 e. The van der Waals surface area contributed by atoms with Crippen LogP contribution in [0.25, 0.3) is 86.9 Å². The Kier molecular flexibility index (Phi) is 9.54. The molecule has 68 heavy (non-hydrogen) atoms. The van der Waals surface area contributed by atoms with E-state index in [1.807, 2.05) is 0 Å². The Morgan fingerprint density at radius 1 is 0.191 bits per heavy atom. The molecule has 0 aliphatic rings. The summed E-state index contributed by atoms with van der Waals surface area (Å²) in [6, 6.07) is 97.9. The van der Waals surface area contributed by atoms with Gasteiger partial charge in [0, 0.05) is 33.5 Å². The van der Waals surface area contributed by atoms with Gasteiger partial charge in [-0.15, -0.1) is 0 Å². The lowest BCUT2D eigenvalue weighted by Gasteiger charge is -2.29. The highest BCUT2D eigenvalue weighted by molar-refractivity contribution is 6.26. The van der Waals surface area contributed by atoms with E-state index in [1.54, 1.807) is 0 Å². The van der Waals surface area contributed by atoms with E-state index in [0.717, 1.165) is 34.1 Å². The normalized spacial score (nSPS) is 11.5. The average Bonchev–Trinajstić information content (AvgIpc) is 3.41. The number of hydrogen-bond donors (Lipinski definition) is 0. The third kappa shape index (κ3) is 6.57. The van der Waals surface area contributed by atoms with Gasteiger partial charge in [-0.1, -0.05) is 206 Å². The predicted octanol–water partition coefficient (Wildman–Crippen LogP) is 18.9. The molecule has 0 radical (unpaired) electrons. The molecular weight excluding hydrogens is 821 g/mol. The lowest BCUT2D eigenvalue weighted by molar-refractivity contribution is 1.30. The molecule has 2 heteroatoms. The molecule has 0 aliphatic heterocycles. The molecule has 0 unspecified atom stereocenters. The van der Waals surface area contributed by atoms with Gasteiger partial charge in [-0.2, -0.15) is 0 Å². The fourth-order valence-corrected chi connectivity index (χ4v) is 10.8. The summed E-state index contributed by atoms with van der Waals surface area (Å²) in [5, 5.41) is 14.5. The van der Waals surface area contributed by atoms with Crippen molar-refractivity contribution < 1.29 is 0 Å². The molecule has 2 nitrogen and oxygen atoms in total. The second-order valence-corrected chi connectivity index (χ2v) is 17.6. The number of para-hydroxylation sites is 2. The Labute approximate surface area is 395 Å². The van der Waals surface area contributed by atoms with E-state index in [4.69, 9.17) is 0 Å². The Bertz CT molecular complexity index is 3760. The van der Waals surface area contributed by atoms with Crippen LogP contribution in [0.1, 0.15) is 0 Å². The van der Waals surface area contributed by atoms with E-state index in [0.29, 0.717) is 0 Å². The van der Waals surface area contributed by atoms with E-state index in [-0.39, 0.29) is 0 Å². The fourth-order valence-electron chi connectivity index (χ4n) is 10.8. The van der Waals surface area contributed by atoms with Gasteiger partial charge < -0.3 is 9.80 Å². The van der Waals surface area contributed by atoms with Crippen LogP contribution in [0.15, 0.2) is 267 Å². The minimum atomic E-state index is 1.09. The van der Waals surface area contributed by atoms with E-state index < -0.39 is 0 Å². The molecule has 0 aromatic heterocycles. The molecule has 0 N–H and O–H groups in total. The van der Waals surface area contributed by atoms with Crippen LogP contribution in [0.4, 0.5) is 34.1 Å². The maximum atomic E-state index is 2.45. The highest BCUT2D eigenvalue weighted by Crippen LogP contribution is 2.51. The third-order valence-electron chi connectivity index (χ3n) is 13.8. The smallest absolute Gasteiger partial charge is 0.0540 e. The largest absolute Gasteiger partial charge is 0.310 e. The summed E-state index contributed by atoms with van der Waals surface area (Å²) >= 11 is 0. The third-order valence-corrected chi connectivity index (χ3v) is 13.8. The number of nitrogens with zero attached hydrogens (tertiary/aromatic N) is 2. The van der Waals surface area contributed by atoms with E-state index in [9.17, 15) is 0 Å². The number of rotatable bonds is 8. The predicted molar refractivity (Wildman–Crippen MR) is 292 cm³/mol. The summed E-state index contributed by atoms with van der Waals surface area (Å²) in [7, 11) is 0. The van der Waals surface area contributed by atoms with Crippen molar-refractivity contribution in [2.75, 3.05) is 9.80 Å². The van der Waals surface area contributed by atoms with Gasteiger partial charge in [-0.25, -0.2) is 0 Å². The standard InChI is InChI=1S/C66H44N2/c1-3-27-49(28-4-1)67(63-37-17-25-47-21-9-13-33-55(47)63)51-39-41-59-61(43-51)65(57-35-15-23-45-19-7-11-31-53(45)57)60-42-40-52(44-62(60)66(59)58-36-16-24-46-20-8-12-32-54(46)58)68(50-29-5-2-6-30-50)64-38-18-26-48-22-10-14-34-56(48)64/h1-44H. The first-order valence-electron chi connectivity index (χ1n) is 23.4. The molecule has 0 heterocycles. The Morgan fingerprint density at radius 3 is 0.926 bits per heavy atom. The summed E-state index contributed by atoms with van der Waals surface area (Å²) in [5.41, 5.74) is 11.5. The molecule has 0 bridgehead atoms. The molecule has 0 saturated heterocycles. The lowest BCUT2D eigenvalue weighted by Crippen LogP contribution is -2.11. The second-order valence-electron chi connectivity index (χ2n) is 17.6. The Morgan fingerprint density at radius 2 is 0.515 bits per heavy atom. The van der Waals surface area contributed by atoms with Gasteiger partial charge >= 0.3 is 0 Å². The molecule has 13 rings (SSSR count). The van der Waals surface area contributed by atoms with E-state index in [2.05, 4.69) is 277 Å². The lowest BCUT2D eigenvalue weighted by atomic mass is 9.83. The van der Waals surface area contributed by atoms with Gasteiger partial charge in [-0.3, -0.25) is 0 Å². The second kappa shape index (κ2) is 16.5. The maximum absolute atomic E-state index is 2.45. The van der Waals surface area contributed by atoms with Crippen LogP contribution >= 0.6 is 0 Å². The zero-order valence-electron chi connectivity index (χ0n) is 37.3. The van der Waals surface area contributed by atoms with Crippen molar-refractivity contribution >= 4 is 98.8 Å². The number of fused-ring (bicyclic) bond motifs is 6. The first-order valence-corrected chi connectivity index (χ1v) is 23.4. The van der Waals surface area contributed by atoms with Crippen molar-refractivity contribution in [3.8, 4) is 22.3 Å². The highest BCUT2D eigenvalue weighted by Gasteiger charge is 2.24. The van der Waals surface area contributed by atoms with Gasteiger partial charge in [0.2, 0.25) is 0 Å². The molecule has 13 aromatic carbocycles. The zero-order valence-corrected chi connectivity index (χ0v) is 37.3. The highest BCUT2D eigenvalue weighted by atomic mass is 15.1. The van der Waals surface area contributed by atoms with Crippen LogP contribution in [-0.2, 0) is 0 Å². The minimum Gasteiger partial charge on any atom is -0.310 e. The van der Waals surface area contributed by atoms with Crippen LogP contribution < -0.4 is 9.80 Å². The molecule has 0 saturated carbocycles. The van der Waals surface area contributed by atoms with Crippen molar-refractivity contribution in [1.29, 1.82) is 0 Å². The zero-order chi connectivity index (χ0) is 45.0. The first kappa shape index (κ1) is 39.4. The number of benzene rings is 13. The summed E-state index contributed by atoms with van der Waals surface area (Å²) < 4.78 is 0. The van der Waals surface area contributed by atoms with E-state index >= 15 is 0 Å². The molecule has 0 fully saturated rings. The van der Waals surface area contributed by atoms with Gasteiger partial charge in [-0.05, 0) is 137 Å². The summed E-state index contributed by atoms with van der Waals surface area (Å²) in [4.78, 5) is 4.86. The summed E-state index contributed by atoms with van der Waals surface area (Å²) in [5.74, 6) is 0. The van der Waals surface area contributed by atoms with Crippen molar-refractivity contribution in [2.45, 2.75) is 0 Å². The van der Waals surface area contributed by atoms with E-state index in [1.165, 1.54) is 86.9 Å². The van der Waals surface area contributed by atoms with Crippen LogP contribution in [0.2, 0.25) is 0 Å². The molecule has 318 valence electrons. The van der Waals surface area contributed by atoms with Crippen molar-refractivity contribution in [2.24, 2.45) is 0 Å². The molecule has 0 atom stereocenters. The van der Waals surface area contributed by atoms with Crippen molar-refractivity contribution in [1.82, 2.24) is 0 Å².